The van der Waals surface area contributed by atoms with Gasteiger partial charge >= 0.3 is 6.18 Å². The summed E-state index contributed by atoms with van der Waals surface area (Å²) in [6.45, 7) is 1.63. The Morgan fingerprint density at radius 2 is 2.00 bits per heavy atom. The van der Waals surface area contributed by atoms with E-state index in [0.717, 1.165) is 38.3 Å². The molecule has 0 aliphatic carbocycles. The Bertz CT molecular complexity index is 1310. The van der Waals surface area contributed by atoms with E-state index in [1.807, 2.05) is 0 Å². The molecule has 11 heteroatoms. The summed E-state index contributed by atoms with van der Waals surface area (Å²) in [4.78, 5) is 11.7. The molecule has 0 amide bonds. The monoisotopic (exact) mass is 488 g/mol. The number of nitrogens with one attached hydrogen (secondary N) is 3. The number of halogens is 3. The number of aromatic amines is 1. The minimum atomic E-state index is -4.62. The van der Waals surface area contributed by atoms with Gasteiger partial charge in [0, 0.05) is 42.9 Å². The van der Waals surface area contributed by atoms with Crippen molar-refractivity contribution in [3.05, 3.63) is 35.7 Å². The number of nitriles is 1. The Morgan fingerprint density at radius 3 is 2.68 bits per heavy atom. The predicted molar refractivity (Wildman–Crippen MR) is 125 cm³/mol. The van der Waals surface area contributed by atoms with Crippen molar-refractivity contribution in [2.45, 2.75) is 37.9 Å². The van der Waals surface area contributed by atoms with Gasteiger partial charge in [-0.2, -0.15) is 18.4 Å². The quantitative estimate of drug-likeness (QED) is 0.468. The molecule has 2 fully saturated rings. The van der Waals surface area contributed by atoms with Gasteiger partial charge in [-0.3, -0.25) is 4.98 Å². The van der Waals surface area contributed by atoms with Crippen LogP contribution in [0.4, 0.5) is 19.0 Å². The molecule has 3 aromatic rings. The number of hydrogen-bond donors (Lipinski definition) is 3. The summed E-state index contributed by atoms with van der Waals surface area (Å²) in [6, 6.07) is 4.51. The van der Waals surface area contributed by atoms with E-state index >= 15 is 0 Å². The van der Waals surface area contributed by atoms with Gasteiger partial charge in [-0.1, -0.05) is 0 Å². The third kappa shape index (κ3) is 4.08. The maximum atomic E-state index is 13.9. The Kier molecular flexibility index (Phi) is 5.86. The summed E-state index contributed by atoms with van der Waals surface area (Å²) in [5.74, 6) is 0.350. The van der Waals surface area contributed by atoms with Crippen LogP contribution in [0.5, 0.6) is 0 Å². The lowest BCUT2D eigenvalue weighted by Crippen LogP contribution is -2.38. The van der Waals surface area contributed by atoms with Crippen LogP contribution in [-0.2, 0) is 10.7 Å². The number of piperidine rings is 1. The number of nitrogens with zero attached hydrogens (tertiary/aromatic N) is 3. The SMILES string of the molecule is N#Cc1cnc2c(-c3nc(N[C@H]4CCCNC4)ccc3C(F)(F)F)c[nH]c2c1P1(=O)CCCC1. The first-order valence-corrected chi connectivity index (χ1v) is 13.4. The molecular formula is C23H24F3N6OP. The van der Waals surface area contributed by atoms with Crippen LogP contribution in [0.2, 0.25) is 0 Å². The predicted octanol–water partition coefficient (Wildman–Crippen LogP) is 4.46. The number of alkyl halides is 3. The van der Waals surface area contributed by atoms with Crippen LogP contribution in [0.1, 0.15) is 36.8 Å². The van der Waals surface area contributed by atoms with Crippen molar-refractivity contribution >= 4 is 29.3 Å². The van der Waals surface area contributed by atoms with Crippen molar-refractivity contribution in [1.29, 1.82) is 5.26 Å². The first-order valence-electron chi connectivity index (χ1n) is 11.3. The maximum absolute atomic E-state index is 13.9. The molecule has 0 unspecified atom stereocenters. The molecule has 0 spiro atoms. The molecule has 34 heavy (non-hydrogen) atoms. The van der Waals surface area contributed by atoms with E-state index in [0.29, 0.717) is 35.5 Å². The zero-order valence-electron chi connectivity index (χ0n) is 18.4. The molecule has 7 nitrogen and oxygen atoms in total. The summed E-state index contributed by atoms with van der Waals surface area (Å²) in [6.07, 6.45) is 2.55. The number of pyridine rings is 2. The van der Waals surface area contributed by atoms with E-state index in [4.69, 9.17) is 0 Å². The Labute approximate surface area is 194 Å². The van der Waals surface area contributed by atoms with Crippen LogP contribution in [-0.4, -0.2) is 46.4 Å². The molecule has 0 saturated carbocycles. The molecule has 0 aromatic carbocycles. The highest BCUT2D eigenvalue weighted by Crippen LogP contribution is 2.53. The zero-order chi connectivity index (χ0) is 23.9. The number of fused-ring (bicyclic) bond motifs is 1. The summed E-state index contributed by atoms with van der Waals surface area (Å²) in [5.41, 5.74) is -0.143. The molecule has 2 saturated heterocycles. The maximum Gasteiger partial charge on any atom is 0.418 e. The van der Waals surface area contributed by atoms with Crippen molar-refractivity contribution in [2.24, 2.45) is 0 Å². The molecule has 1 atom stereocenters. The molecular weight excluding hydrogens is 464 g/mol. The second-order valence-corrected chi connectivity index (χ2v) is 12.0. The van der Waals surface area contributed by atoms with Gasteiger partial charge in [0.2, 0.25) is 0 Å². The molecule has 2 aliphatic heterocycles. The Balaban J connectivity index is 1.66. The van der Waals surface area contributed by atoms with Crippen LogP contribution < -0.4 is 15.9 Å². The van der Waals surface area contributed by atoms with Crippen LogP contribution >= 0.6 is 7.14 Å². The second-order valence-electron chi connectivity index (χ2n) is 8.88. The molecule has 5 heterocycles. The summed E-state index contributed by atoms with van der Waals surface area (Å²) in [7, 11) is -2.83. The fraction of sp³-hybridized carbons (Fsp3) is 0.435. The highest BCUT2D eigenvalue weighted by Gasteiger charge is 2.37. The molecule has 0 bridgehead atoms. The molecule has 0 radical (unpaired) electrons. The van der Waals surface area contributed by atoms with Gasteiger partial charge in [0.05, 0.1) is 33.2 Å². The van der Waals surface area contributed by atoms with Crippen LogP contribution in [0.3, 0.4) is 0 Å². The normalized spacial score (nSPS) is 20.4. The highest BCUT2D eigenvalue weighted by atomic mass is 31.2. The van der Waals surface area contributed by atoms with Gasteiger partial charge in [-0.15, -0.1) is 0 Å². The average Bonchev–Trinajstić information content (AvgIpc) is 3.45. The summed E-state index contributed by atoms with van der Waals surface area (Å²) < 4.78 is 55.5. The molecule has 3 N–H and O–H groups in total. The second kappa shape index (κ2) is 8.71. The first kappa shape index (κ1) is 22.9. The Morgan fingerprint density at radius 1 is 1.21 bits per heavy atom. The minimum absolute atomic E-state index is 0.0733. The standard InChI is InChI=1S/C23H24F3N6OP/c24-23(25,26)17-5-6-18(31-15-4-3-7-28-12-15)32-19(17)16-13-30-21-20(16)29-11-14(10-27)22(21)34(33)8-1-2-9-34/h5-6,11,13,15,28,30H,1-4,7-9,12H2,(H,31,32)/t15-/m0/s1. The van der Waals surface area contributed by atoms with Crippen LogP contribution in [0.15, 0.2) is 24.5 Å². The highest BCUT2D eigenvalue weighted by molar-refractivity contribution is 7.72. The van der Waals surface area contributed by atoms with Crippen LogP contribution in [0, 0.1) is 11.3 Å². The number of aromatic nitrogens is 3. The van der Waals surface area contributed by atoms with E-state index in [2.05, 4.69) is 31.7 Å². The van der Waals surface area contributed by atoms with Crippen LogP contribution in [0.25, 0.3) is 22.3 Å². The molecule has 178 valence electrons. The van der Waals surface area contributed by atoms with Gasteiger partial charge in [-0.05, 0) is 44.4 Å². The zero-order valence-corrected chi connectivity index (χ0v) is 19.3. The topological polar surface area (TPSA) is 106 Å². The third-order valence-electron chi connectivity index (χ3n) is 6.59. The van der Waals surface area contributed by atoms with Gasteiger partial charge < -0.3 is 20.2 Å². The molecule has 5 rings (SSSR count). The average molecular weight is 488 g/mol. The van der Waals surface area contributed by atoms with Gasteiger partial charge in [-0.25, -0.2) is 4.98 Å². The molecule has 3 aromatic heterocycles. The van der Waals surface area contributed by atoms with E-state index in [1.54, 1.807) is 0 Å². The van der Waals surface area contributed by atoms with E-state index in [-0.39, 0.29) is 28.4 Å². The van der Waals surface area contributed by atoms with Crippen molar-refractivity contribution < 1.29 is 17.7 Å². The molecule has 2 aliphatic rings. The van der Waals surface area contributed by atoms with Gasteiger partial charge in [0.15, 0.2) is 0 Å². The van der Waals surface area contributed by atoms with E-state index < -0.39 is 18.9 Å². The largest absolute Gasteiger partial charge is 0.418 e. The first-order chi connectivity index (χ1) is 16.3. The van der Waals surface area contributed by atoms with E-state index in [9.17, 15) is 23.0 Å². The van der Waals surface area contributed by atoms with E-state index in [1.165, 1.54) is 18.5 Å². The number of hydrogen-bond acceptors (Lipinski definition) is 6. The summed E-state index contributed by atoms with van der Waals surface area (Å²) >= 11 is 0. The fourth-order valence-corrected chi connectivity index (χ4v) is 8.23. The number of H-pyrrole nitrogens is 1. The van der Waals surface area contributed by atoms with Crippen molar-refractivity contribution in [3.8, 4) is 17.3 Å². The van der Waals surface area contributed by atoms with Gasteiger partial charge in [0.1, 0.15) is 19.0 Å². The third-order valence-corrected chi connectivity index (χ3v) is 9.95. The van der Waals surface area contributed by atoms with Gasteiger partial charge in [0.25, 0.3) is 0 Å². The summed E-state index contributed by atoms with van der Waals surface area (Å²) in [5, 5.41) is 16.5. The minimum Gasteiger partial charge on any atom is -0.366 e. The Hall–Kier alpha value is -2.89. The number of rotatable bonds is 4. The van der Waals surface area contributed by atoms with Crippen molar-refractivity contribution in [3.63, 3.8) is 0 Å². The lowest BCUT2D eigenvalue weighted by Gasteiger charge is -2.24. The van der Waals surface area contributed by atoms with Crippen molar-refractivity contribution in [1.82, 2.24) is 20.3 Å². The van der Waals surface area contributed by atoms with Crippen molar-refractivity contribution in [2.75, 3.05) is 30.7 Å². The lowest BCUT2D eigenvalue weighted by molar-refractivity contribution is -0.137. The lowest BCUT2D eigenvalue weighted by atomic mass is 10.1. The fourth-order valence-electron chi connectivity index (χ4n) is 4.97. The smallest absolute Gasteiger partial charge is 0.366 e. The number of anilines is 1.